The molecule has 0 amide bonds. The van der Waals surface area contributed by atoms with E-state index in [2.05, 4.69) is 0 Å². The van der Waals surface area contributed by atoms with Crippen molar-refractivity contribution in [3.05, 3.63) is 0 Å². The summed E-state index contributed by atoms with van der Waals surface area (Å²) in [7, 11) is 0. The van der Waals surface area contributed by atoms with Gasteiger partial charge in [-0.15, -0.1) is 0 Å². The molecule has 0 atom stereocenters. The Morgan fingerprint density at radius 1 is 1.00 bits per heavy atom. The Morgan fingerprint density at radius 2 is 1.27 bits per heavy atom. The van der Waals surface area contributed by atoms with Crippen LogP contribution in [-0.4, -0.2) is 45.8 Å². The zero-order valence-electron chi connectivity index (χ0n) is 7.12. The molecule has 4 heteroatoms. The Labute approximate surface area is 67.1 Å². The minimum absolute atomic E-state index is 0.0938. The predicted molar refractivity (Wildman–Crippen MR) is 42.2 cm³/mol. The molecule has 0 unspecified atom stereocenters. The molecule has 0 aromatic carbocycles. The quantitative estimate of drug-likeness (QED) is 0.438. The molecule has 0 heterocycles. The minimum atomic E-state index is -0.903. The van der Waals surface area contributed by atoms with Gasteiger partial charge in [-0.05, 0) is 20.3 Å². The topological polar surface area (TPSA) is 80.9 Å². The van der Waals surface area contributed by atoms with Crippen molar-refractivity contribution in [2.45, 2.75) is 25.9 Å². The largest absolute Gasteiger partial charge is 0.396 e. The van der Waals surface area contributed by atoms with Crippen LogP contribution in [0.15, 0.2) is 0 Å². The third-order valence-corrected chi connectivity index (χ3v) is 0.703. The second-order valence-corrected chi connectivity index (χ2v) is 2.77. The Bertz CT molecular complexity index is 65.3. The molecule has 4 N–H and O–H groups in total. The molecular weight excluding hydrogens is 148 g/mol. The second-order valence-electron chi connectivity index (χ2n) is 2.77. The van der Waals surface area contributed by atoms with Crippen LogP contribution in [0.5, 0.6) is 0 Å². The molecule has 0 spiro atoms. The summed E-state index contributed by atoms with van der Waals surface area (Å²) in [5, 5.41) is 32.5. The van der Waals surface area contributed by atoms with Crippen LogP contribution in [-0.2, 0) is 0 Å². The van der Waals surface area contributed by atoms with E-state index in [4.69, 9.17) is 20.4 Å². The van der Waals surface area contributed by atoms with Crippen molar-refractivity contribution < 1.29 is 20.4 Å². The Morgan fingerprint density at radius 3 is 1.27 bits per heavy atom. The maximum Gasteiger partial charge on any atom is 0.0821 e. The van der Waals surface area contributed by atoms with Crippen LogP contribution < -0.4 is 0 Å². The van der Waals surface area contributed by atoms with Gasteiger partial charge in [-0.1, -0.05) is 0 Å². The van der Waals surface area contributed by atoms with Gasteiger partial charge in [-0.2, -0.15) is 0 Å². The molecule has 0 rings (SSSR count). The third-order valence-electron chi connectivity index (χ3n) is 0.703. The van der Waals surface area contributed by atoms with E-state index >= 15 is 0 Å². The molecule has 4 nitrogen and oxygen atoms in total. The van der Waals surface area contributed by atoms with Gasteiger partial charge in [0, 0.05) is 13.2 Å². The molecule has 0 aliphatic heterocycles. The number of hydrogen-bond acceptors (Lipinski definition) is 4. The maximum absolute atomic E-state index is 8.58. The molecule has 0 fully saturated rings. The second kappa shape index (κ2) is 7.94. The van der Waals surface area contributed by atoms with Crippen LogP contribution in [0.25, 0.3) is 0 Å². The molecule has 11 heavy (non-hydrogen) atoms. The molecule has 0 aromatic heterocycles. The van der Waals surface area contributed by atoms with Crippen LogP contribution >= 0.6 is 0 Å². The minimum Gasteiger partial charge on any atom is -0.396 e. The Kier molecular flexibility index (Phi) is 9.70. The van der Waals surface area contributed by atoms with Gasteiger partial charge >= 0.3 is 0 Å². The van der Waals surface area contributed by atoms with Gasteiger partial charge in [0.15, 0.2) is 0 Å². The van der Waals surface area contributed by atoms with Gasteiger partial charge < -0.3 is 20.4 Å². The number of rotatable bonds is 3. The third kappa shape index (κ3) is 25.8. The first-order chi connectivity index (χ1) is 4.97. The SMILES string of the molecule is CC(C)(O)CO.OCCCO. The maximum atomic E-state index is 8.58. The molecule has 0 aromatic rings. The average Bonchev–Trinajstić information content (AvgIpc) is 1.90. The van der Waals surface area contributed by atoms with E-state index < -0.39 is 5.60 Å². The van der Waals surface area contributed by atoms with E-state index in [1.54, 1.807) is 13.8 Å². The van der Waals surface area contributed by atoms with E-state index in [1.165, 1.54) is 0 Å². The molecule has 0 bridgehead atoms. The first-order valence-electron chi connectivity index (χ1n) is 3.53. The standard InChI is InChI=1S/C4H10O2.C3H8O2/c1-4(2,6)3-5;4-2-1-3-5/h5-6H,3H2,1-2H3;4-5H,1-3H2. The summed E-state index contributed by atoms with van der Waals surface area (Å²) in [6, 6.07) is 0. The lowest BCUT2D eigenvalue weighted by molar-refractivity contribution is 0.0183. The highest BCUT2D eigenvalue weighted by molar-refractivity contribution is 4.59. The van der Waals surface area contributed by atoms with Gasteiger partial charge in [-0.25, -0.2) is 0 Å². The molecule has 0 saturated heterocycles. The lowest BCUT2D eigenvalue weighted by atomic mass is 10.2. The van der Waals surface area contributed by atoms with Crippen LogP contribution in [0.3, 0.4) is 0 Å². The monoisotopic (exact) mass is 166 g/mol. The van der Waals surface area contributed by atoms with E-state index in [0.717, 1.165) is 0 Å². The van der Waals surface area contributed by atoms with Gasteiger partial charge in [0.05, 0.1) is 12.2 Å². The fourth-order valence-corrected chi connectivity index (χ4v) is 0.0707. The highest BCUT2D eigenvalue weighted by Crippen LogP contribution is 1.95. The van der Waals surface area contributed by atoms with Gasteiger partial charge in [-0.3, -0.25) is 0 Å². The van der Waals surface area contributed by atoms with Crippen LogP contribution in [0, 0.1) is 0 Å². The molecule has 70 valence electrons. The fourth-order valence-electron chi connectivity index (χ4n) is 0.0707. The zero-order valence-corrected chi connectivity index (χ0v) is 7.12. The Balaban J connectivity index is 0. The summed E-state index contributed by atoms with van der Waals surface area (Å²) in [6.45, 7) is 3.11. The number of hydrogen-bond donors (Lipinski definition) is 4. The number of aliphatic hydroxyl groups excluding tert-OH is 3. The van der Waals surface area contributed by atoms with Crippen LogP contribution in [0.2, 0.25) is 0 Å². The van der Waals surface area contributed by atoms with Gasteiger partial charge in [0.25, 0.3) is 0 Å². The van der Waals surface area contributed by atoms with Crippen molar-refractivity contribution in [3.8, 4) is 0 Å². The summed E-state index contributed by atoms with van der Waals surface area (Å²) < 4.78 is 0. The Hall–Kier alpha value is -0.160. The van der Waals surface area contributed by atoms with Crippen molar-refractivity contribution in [1.82, 2.24) is 0 Å². The summed E-state index contributed by atoms with van der Waals surface area (Å²) >= 11 is 0. The average molecular weight is 166 g/mol. The van der Waals surface area contributed by atoms with Crippen LogP contribution in [0.4, 0.5) is 0 Å². The fraction of sp³-hybridized carbons (Fsp3) is 1.00. The normalized spacial score (nSPS) is 10.4. The van der Waals surface area contributed by atoms with Crippen molar-refractivity contribution in [1.29, 1.82) is 0 Å². The summed E-state index contributed by atoms with van der Waals surface area (Å²) in [5.41, 5.74) is -0.903. The first-order valence-corrected chi connectivity index (χ1v) is 3.53. The predicted octanol–water partition coefficient (Wildman–Crippen LogP) is -0.889. The lowest BCUT2D eigenvalue weighted by Gasteiger charge is -2.10. The first kappa shape index (κ1) is 13.4. The van der Waals surface area contributed by atoms with Crippen molar-refractivity contribution >= 4 is 0 Å². The van der Waals surface area contributed by atoms with E-state index in [9.17, 15) is 0 Å². The van der Waals surface area contributed by atoms with E-state index in [1.807, 2.05) is 0 Å². The van der Waals surface area contributed by atoms with Crippen molar-refractivity contribution in [3.63, 3.8) is 0 Å². The molecule has 0 aliphatic carbocycles. The highest BCUT2D eigenvalue weighted by atomic mass is 16.3. The number of aliphatic hydroxyl groups is 4. The van der Waals surface area contributed by atoms with Crippen LogP contribution in [0.1, 0.15) is 20.3 Å². The molecule has 0 saturated carbocycles. The summed E-state index contributed by atoms with van der Waals surface area (Å²) in [6.07, 6.45) is 0.500. The molecular formula is C7H18O4. The highest BCUT2D eigenvalue weighted by Gasteiger charge is 2.07. The lowest BCUT2D eigenvalue weighted by Crippen LogP contribution is -2.23. The van der Waals surface area contributed by atoms with Crippen molar-refractivity contribution in [2.75, 3.05) is 19.8 Å². The van der Waals surface area contributed by atoms with E-state index in [-0.39, 0.29) is 19.8 Å². The summed E-state index contributed by atoms with van der Waals surface area (Å²) in [5.74, 6) is 0. The van der Waals surface area contributed by atoms with Gasteiger partial charge in [0.2, 0.25) is 0 Å². The molecule has 0 aliphatic rings. The molecule has 0 radical (unpaired) electrons. The zero-order chi connectivity index (χ0) is 9.33. The van der Waals surface area contributed by atoms with E-state index in [0.29, 0.717) is 6.42 Å². The van der Waals surface area contributed by atoms with Gasteiger partial charge in [0.1, 0.15) is 0 Å². The van der Waals surface area contributed by atoms with Crippen molar-refractivity contribution in [2.24, 2.45) is 0 Å². The smallest absolute Gasteiger partial charge is 0.0821 e. The summed E-state index contributed by atoms with van der Waals surface area (Å²) in [4.78, 5) is 0.